The van der Waals surface area contributed by atoms with Gasteiger partial charge >= 0.3 is 0 Å². The van der Waals surface area contributed by atoms with Crippen LogP contribution in [0.1, 0.15) is 28.9 Å². The third-order valence-electron chi connectivity index (χ3n) is 3.94. The van der Waals surface area contributed by atoms with Gasteiger partial charge in [0.25, 0.3) is 5.91 Å². The van der Waals surface area contributed by atoms with Crippen LogP contribution in [0.5, 0.6) is 0 Å². The van der Waals surface area contributed by atoms with E-state index in [-0.39, 0.29) is 11.9 Å². The Balaban J connectivity index is 1.78. The zero-order chi connectivity index (χ0) is 18.5. The zero-order valence-corrected chi connectivity index (χ0v) is 15.2. The largest absolute Gasteiger partial charge is 0.362 e. The number of nitrogens with one attached hydrogen (secondary N) is 1. The summed E-state index contributed by atoms with van der Waals surface area (Å²) >= 11 is 5.87. The number of benzene rings is 1. The van der Waals surface area contributed by atoms with Crippen LogP contribution < -0.4 is 10.2 Å². The van der Waals surface area contributed by atoms with Gasteiger partial charge in [0.15, 0.2) is 0 Å². The molecule has 2 heterocycles. The van der Waals surface area contributed by atoms with E-state index in [9.17, 15) is 4.79 Å². The van der Waals surface area contributed by atoms with Gasteiger partial charge in [0.1, 0.15) is 11.0 Å². The number of nitrogens with zero attached hydrogens (tertiary/aromatic N) is 4. The van der Waals surface area contributed by atoms with E-state index in [0.717, 1.165) is 11.3 Å². The summed E-state index contributed by atoms with van der Waals surface area (Å²) in [5.41, 5.74) is 2.35. The predicted molar refractivity (Wildman–Crippen MR) is 102 cm³/mol. The number of carbonyl (C=O) groups excluding carboxylic acids is 1. The van der Waals surface area contributed by atoms with Crippen LogP contribution in [0.3, 0.4) is 0 Å². The SMILES string of the molecule is C[C@H](Nc1cncc(Cl)n1)c1cccc(N(C)C(=O)c2cccnc2)c1. The fourth-order valence-corrected chi connectivity index (χ4v) is 2.67. The number of hydrogen-bond acceptors (Lipinski definition) is 5. The molecule has 7 heteroatoms. The number of pyridine rings is 1. The number of carbonyl (C=O) groups is 1. The molecule has 0 spiro atoms. The molecule has 0 aliphatic carbocycles. The van der Waals surface area contributed by atoms with Crippen LogP contribution in [0.15, 0.2) is 61.2 Å². The smallest absolute Gasteiger partial charge is 0.259 e. The van der Waals surface area contributed by atoms with Crippen LogP contribution in [0.4, 0.5) is 11.5 Å². The van der Waals surface area contributed by atoms with Crippen LogP contribution in [0.2, 0.25) is 5.15 Å². The molecule has 0 saturated heterocycles. The van der Waals surface area contributed by atoms with E-state index in [2.05, 4.69) is 20.3 Å². The van der Waals surface area contributed by atoms with Gasteiger partial charge in [-0.05, 0) is 36.8 Å². The van der Waals surface area contributed by atoms with Crippen LogP contribution >= 0.6 is 11.6 Å². The van der Waals surface area contributed by atoms with Crippen molar-refractivity contribution in [1.29, 1.82) is 0 Å². The Labute approximate surface area is 156 Å². The van der Waals surface area contributed by atoms with Gasteiger partial charge in [0.05, 0.1) is 24.0 Å². The maximum Gasteiger partial charge on any atom is 0.259 e. The predicted octanol–water partition coefficient (Wildman–Crippen LogP) is 3.97. The summed E-state index contributed by atoms with van der Waals surface area (Å²) in [4.78, 5) is 26.4. The summed E-state index contributed by atoms with van der Waals surface area (Å²) in [5, 5.41) is 3.59. The molecule has 0 fully saturated rings. The third-order valence-corrected chi connectivity index (χ3v) is 4.12. The van der Waals surface area contributed by atoms with Gasteiger partial charge in [-0.3, -0.25) is 14.8 Å². The lowest BCUT2D eigenvalue weighted by molar-refractivity contribution is 0.0992. The van der Waals surface area contributed by atoms with Gasteiger partial charge in [-0.2, -0.15) is 0 Å². The quantitative estimate of drug-likeness (QED) is 0.738. The van der Waals surface area contributed by atoms with Crippen molar-refractivity contribution in [3.63, 3.8) is 0 Å². The molecule has 3 aromatic rings. The van der Waals surface area contributed by atoms with Crippen molar-refractivity contribution in [3.8, 4) is 0 Å². The number of anilines is 2. The highest BCUT2D eigenvalue weighted by Gasteiger charge is 2.15. The lowest BCUT2D eigenvalue weighted by atomic mass is 10.1. The Morgan fingerprint density at radius 3 is 2.73 bits per heavy atom. The first kappa shape index (κ1) is 17.8. The summed E-state index contributed by atoms with van der Waals surface area (Å²) in [7, 11) is 1.75. The lowest BCUT2D eigenvalue weighted by Crippen LogP contribution is -2.26. The summed E-state index contributed by atoms with van der Waals surface area (Å²) in [6.07, 6.45) is 6.30. The van der Waals surface area contributed by atoms with Gasteiger partial charge in [0, 0.05) is 25.1 Å². The van der Waals surface area contributed by atoms with E-state index in [0.29, 0.717) is 16.5 Å². The van der Waals surface area contributed by atoms with Gasteiger partial charge in [-0.1, -0.05) is 23.7 Å². The summed E-state index contributed by atoms with van der Waals surface area (Å²) in [5.74, 6) is 0.478. The molecule has 1 aromatic carbocycles. The van der Waals surface area contributed by atoms with E-state index < -0.39 is 0 Å². The maximum absolute atomic E-state index is 12.6. The summed E-state index contributed by atoms with van der Waals surface area (Å²) in [6.45, 7) is 2.00. The minimum Gasteiger partial charge on any atom is -0.362 e. The van der Waals surface area contributed by atoms with Crippen molar-refractivity contribution in [2.24, 2.45) is 0 Å². The Morgan fingerprint density at radius 1 is 1.15 bits per heavy atom. The molecule has 0 radical (unpaired) electrons. The number of halogens is 1. The molecule has 3 rings (SSSR count). The summed E-state index contributed by atoms with van der Waals surface area (Å²) in [6, 6.07) is 11.2. The van der Waals surface area contributed by atoms with E-state index in [1.807, 2.05) is 31.2 Å². The molecular formula is C19H18ClN5O. The van der Waals surface area contributed by atoms with E-state index >= 15 is 0 Å². The van der Waals surface area contributed by atoms with E-state index in [4.69, 9.17) is 11.6 Å². The molecule has 26 heavy (non-hydrogen) atoms. The first-order valence-corrected chi connectivity index (χ1v) is 8.44. The molecule has 2 aromatic heterocycles. The molecule has 6 nitrogen and oxygen atoms in total. The molecule has 1 N–H and O–H groups in total. The second-order valence-electron chi connectivity index (χ2n) is 5.79. The average molecular weight is 368 g/mol. The standard InChI is InChI=1S/C19H18ClN5O/c1-13(23-18-12-22-11-17(20)24-18)14-5-3-7-16(9-14)25(2)19(26)15-6-4-8-21-10-15/h3-13H,1-2H3,(H,23,24)/t13-/m0/s1. The average Bonchev–Trinajstić information content (AvgIpc) is 2.67. The Morgan fingerprint density at radius 2 is 2.00 bits per heavy atom. The van der Waals surface area contributed by atoms with Gasteiger partial charge in [-0.25, -0.2) is 4.98 Å². The normalized spacial score (nSPS) is 11.7. The number of aromatic nitrogens is 3. The highest BCUT2D eigenvalue weighted by molar-refractivity contribution is 6.29. The number of hydrogen-bond donors (Lipinski definition) is 1. The highest BCUT2D eigenvalue weighted by Crippen LogP contribution is 2.23. The Hall–Kier alpha value is -2.99. The van der Waals surface area contributed by atoms with Gasteiger partial charge in [0.2, 0.25) is 0 Å². The van der Waals surface area contributed by atoms with Crippen molar-refractivity contribution in [1.82, 2.24) is 15.0 Å². The fraction of sp³-hybridized carbons (Fsp3) is 0.158. The van der Waals surface area contributed by atoms with E-state index in [1.165, 1.54) is 6.20 Å². The Bertz CT molecular complexity index is 903. The molecule has 1 amide bonds. The second kappa shape index (κ2) is 7.93. The zero-order valence-electron chi connectivity index (χ0n) is 14.4. The first-order chi connectivity index (χ1) is 12.5. The number of amides is 1. The minimum atomic E-state index is -0.114. The molecule has 0 unspecified atom stereocenters. The molecule has 0 saturated carbocycles. The van der Waals surface area contributed by atoms with Crippen molar-refractivity contribution >= 4 is 29.0 Å². The molecule has 1 atom stereocenters. The van der Waals surface area contributed by atoms with Crippen LogP contribution in [-0.2, 0) is 0 Å². The van der Waals surface area contributed by atoms with Crippen molar-refractivity contribution in [2.75, 3.05) is 17.3 Å². The molecular weight excluding hydrogens is 350 g/mol. The van der Waals surface area contributed by atoms with Gasteiger partial charge < -0.3 is 10.2 Å². The lowest BCUT2D eigenvalue weighted by Gasteiger charge is -2.20. The number of rotatable bonds is 5. The molecule has 0 bridgehead atoms. The van der Waals surface area contributed by atoms with Crippen LogP contribution in [-0.4, -0.2) is 27.9 Å². The highest BCUT2D eigenvalue weighted by atomic mass is 35.5. The van der Waals surface area contributed by atoms with Crippen LogP contribution in [0.25, 0.3) is 0 Å². The minimum absolute atomic E-state index is 0.0374. The molecule has 0 aliphatic heterocycles. The first-order valence-electron chi connectivity index (χ1n) is 8.06. The summed E-state index contributed by atoms with van der Waals surface area (Å²) < 4.78 is 0. The van der Waals surface area contributed by atoms with Crippen molar-refractivity contribution in [2.45, 2.75) is 13.0 Å². The Kier molecular flexibility index (Phi) is 5.43. The maximum atomic E-state index is 12.6. The van der Waals surface area contributed by atoms with Gasteiger partial charge in [-0.15, -0.1) is 0 Å². The molecule has 0 aliphatic rings. The second-order valence-corrected chi connectivity index (χ2v) is 6.18. The topological polar surface area (TPSA) is 71.0 Å². The molecule has 132 valence electrons. The van der Waals surface area contributed by atoms with Crippen molar-refractivity contribution < 1.29 is 4.79 Å². The van der Waals surface area contributed by atoms with E-state index in [1.54, 1.807) is 42.7 Å². The fourth-order valence-electron chi connectivity index (χ4n) is 2.52. The monoisotopic (exact) mass is 367 g/mol. The van der Waals surface area contributed by atoms with Crippen molar-refractivity contribution in [3.05, 3.63) is 77.5 Å². The van der Waals surface area contributed by atoms with Crippen LogP contribution in [0, 0.1) is 0 Å². The third kappa shape index (κ3) is 4.15.